The van der Waals surface area contributed by atoms with E-state index < -0.39 is 49.4 Å². The molecule has 0 spiro atoms. The average Bonchev–Trinajstić information content (AvgIpc) is 3.81. The predicted molar refractivity (Wildman–Crippen MR) is 220 cm³/mol. The largest absolute Gasteiger partial charge is 0.480 e. The van der Waals surface area contributed by atoms with Gasteiger partial charge in [-0.25, -0.2) is 9.97 Å². The zero-order chi connectivity index (χ0) is 40.3. The molecule has 6 rings (SSSR count). The topological polar surface area (TPSA) is 206 Å². The molecule has 5 N–H and O–H groups in total. The summed E-state index contributed by atoms with van der Waals surface area (Å²) in [5.74, 6) is -4.41. The Balaban J connectivity index is 1.01. The number of nitrogens with zero attached hydrogens (tertiary/aromatic N) is 5. The molecular formula is C40H39N7O8S2. The molecule has 0 radical (unpaired) electrons. The van der Waals surface area contributed by atoms with Gasteiger partial charge in [-0.1, -0.05) is 24.3 Å². The fourth-order valence-electron chi connectivity index (χ4n) is 6.03. The van der Waals surface area contributed by atoms with E-state index in [2.05, 4.69) is 20.6 Å². The molecule has 2 aromatic heterocycles. The molecule has 0 atom stereocenters. The summed E-state index contributed by atoms with van der Waals surface area (Å²) >= 11 is 3.11. The lowest BCUT2D eigenvalue weighted by molar-refractivity contribution is -0.140. The number of hydrogen-bond donors (Lipinski definition) is 5. The summed E-state index contributed by atoms with van der Waals surface area (Å²) in [6.07, 6.45) is 0. The standard InChI is InChI=1S/C40H39N7O8S2/c48-34(41-28-13-9-26(10-14-28)39-43-30-5-1-3-7-32(30)56-39)21-46(24-37(52)53)19-17-45(23-36(50)51)18-20-47(25-38(54)55)22-35(49)42-29-15-11-27(12-16-29)40-44-31-6-2-4-8-33(31)57-40/h1-16H,17-25H2,(H,41,48)(H,42,49)(H,50,51)(H,52,53)(H,54,55). The zero-order valence-electron chi connectivity index (χ0n) is 30.5. The molecule has 0 bridgehead atoms. The van der Waals surface area contributed by atoms with Gasteiger partial charge in [0.2, 0.25) is 11.8 Å². The van der Waals surface area contributed by atoms with Gasteiger partial charge < -0.3 is 26.0 Å². The second-order valence-corrected chi connectivity index (χ2v) is 15.2. The summed E-state index contributed by atoms with van der Waals surface area (Å²) in [6.45, 7) is -1.78. The van der Waals surface area contributed by atoms with Gasteiger partial charge >= 0.3 is 17.9 Å². The van der Waals surface area contributed by atoms with E-state index in [4.69, 9.17) is 0 Å². The molecule has 0 fully saturated rings. The van der Waals surface area contributed by atoms with Gasteiger partial charge in [-0.3, -0.25) is 38.7 Å². The second kappa shape index (κ2) is 19.2. The maximum absolute atomic E-state index is 13.0. The molecule has 57 heavy (non-hydrogen) atoms. The highest BCUT2D eigenvalue weighted by molar-refractivity contribution is 7.22. The number of carbonyl (C=O) groups is 5. The Bertz CT molecular complexity index is 2140. The highest BCUT2D eigenvalue weighted by atomic mass is 32.1. The minimum absolute atomic E-state index is 0.0238. The summed E-state index contributed by atoms with van der Waals surface area (Å²) in [5.41, 5.74) is 4.59. The van der Waals surface area contributed by atoms with Crippen molar-refractivity contribution in [3.8, 4) is 21.1 Å². The Labute approximate surface area is 334 Å². The van der Waals surface area contributed by atoms with Crippen LogP contribution in [-0.4, -0.2) is 129 Å². The first-order valence-electron chi connectivity index (χ1n) is 17.8. The Morgan fingerprint density at radius 2 is 0.825 bits per heavy atom. The third-order valence-corrected chi connectivity index (χ3v) is 10.9. The van der Waals surface area contributed by atoms with Crippen molar-refractivity contribution >= 4 is 84.2 Å². The molecule has 4 aromatic carbocycles. The molecule has 0 saturated heterocycles. The number of carboxylic acid groups (broad SMARTS) is 3. The summed E-state index contributed by atoms with van der Waals surface area (Å²) < 4.78 is 2.12. The number of carboxylic acids is 3. The van der Waals surface area contributed by atoms with E-state index in [-0.39, 0.29) is 39.3 Å². The lowest BCUT2D eigenvalue weighted by Gasteiger charge is -2.28. The Morgan fingerprint density at radius 1 is 0.474 bits per heavy atom. The van der Waals surface area contributed by atoms with Crippen molar-refractivity contribution in [2.45, 2.75) is 0 Å². The molecule has 0 aliphatic carbocycles. The van der Waals surface area contributed by atoms with Crippen molar-refractivity contribution in [3.63, 3.8) is 0 Å². The number of fused-ring (bicyclic) bond motifs is 2. The van der Waals surface area contributed by atoms with Gasteiger partial charge in [0.25, 0.3) is 0 Å². The van der Waals surface area contributed by atoms with Gasteiger partial charge in [-0.2, -0.15) is 0 Å². The molecule has 2 amide bonds. The number of carbonyl (C=O) groups excluding carboxylic acids is 2. The zero-order valence-corrected chi connectivity index (χ0v) is 32.2. The fourth-order valence-corrected chi connectivity index (χ4v) is 7.97. The number of para-hydroxylation sites is 2. The molecule has 0 aliphatic heterocycles. The summed E-state index contributed by atoms with van der Waals surface area (Å²) in [5, 5.41) is 35.9. The Morgan fingerprint density at radius 3 is 1.19 bits per heavy atom. The van der Waals surface area contributed by atoms with Crippen molar-refractivity contribution in [2.24, 2.45) is 0 Å². The number of amides is 2. The number of rotatable bonds is 20. The van der Waals surface area contributed by atoms with Crippen LogP contribution in [0.3, 0.4) is 0 Å². The van der Waals surface area contributed by atoms with E-state index in [1.807, 2.05) is 72.8 Å². The number of anilines is 2. The van der Waals surface area contributed by atoms with Crippen LogP contribution in [0.5, 0.6) is 0 Å². The highest BCUT2D eigenvalue weighted by Crippen LogP contribution is 2.32. The molecule has 15 nitrogen and oxygen atoms in total. The second-order valence-electron chi connectivity index (χ2n) is 13.1. The molecule has 6 aromatic rings. The predicted octanol–water partition coefficient (Wildman–Crippen LogP) is 4.98. The van der Waals surface area contributed by atoms with Gasteiger partial charge in [-0.15, -0.1) is 22.7 Å². The number of benzene rings is 4. The fraction of sp³-hybridized carbons (Fsp3) is 0.225. The maximum atomic E-state index is 13.0. The monoisotopic (exact) mass is 809 g/mol. The van der Waals surface area contributed by atoms with Crippen LogP contribution in [0.15, 0.2) is 97.1 Å². The molecule has 17 heteroatoms. The van der Waals surface area contributed by atoms with Gasteiger partial charge in [0.05, 0.1) is 53.2 Å². The van der Waals surface area contributed by atoms with Crippen LogP contribution in [0, 0.1) is 0 Å². The molecule has 0 unspecified atom stereocenters. The van der Waals surface area contributed by atoms with E-state index in [1.54, 1.807) is 46.9 Å². The van der Waals surface area contributed by atoms with Crippen LogP contribution in [0.2, 0.25) is 0 Å². The van der Waals surface area contributed by atoms with E-state index in [9.17, 15) is 39.3 Å². The number of thiazole rings is 2. The van der Waals surface area contributed by atoms with Gasteiger partial charge in [0, 0.05) is 48.7 Å². The Hall–Kier alpha value is -6.11. The molecular weight excluding hydrogens is 771 g/mol. The smallest absolute Gasteiger partial charge is 0.317 e. The SMILES string of the molecule is O=C(O)CN(CCN(CC(=O)O)CC(=O)Nc1ccc(-c2nc3ccccc3s2)cc1)CCN(CC(=O)O)CC(=O)Nc1ccc(-c2nc3ccccc3s2)cc1. The maximum Gasteiger partial charge on any atom is 0.317 e. The minimum Gasteiger partial charge on any atom is -0.480 e. The van der Waals surface area contributed by atoms with E-state index in [1.165, 1.54) is 14.7 Å². The van der Waals surface area contributed by atoms with Crippen LogP contribution >= 0.6 is 22.7 Å². The van der Waals surface area contributed by atoms with Crippen LogP contribution < -0.4 is 10.6 Å². The van der Waals surface area contributed by atoms with Crippen molar-refractivity contribution in [1.82, 2.24) is 24.7 Å². The number of aliphatic carboxylic acids is 3. The summed E-state index contributed by atoms with van der Waals surface area (Å²) in [4.78, 5) is 74.7. The van der Waals surface area contributed by atoms with Crippen molar-refractivity contribution in [2.75, 3.05) is 69.5 Å². The summed E-state index contributed by atoms with van der Waals surface area (Å²) in [7, 11) is 0. The first-order chi connectivity index (χ1) is 27.5. The molecule has 294 valence electrons. The molecule has 0 aliphatic rings. The van der Waals surface area contributed by atoms with Gasteiger partial charge in [-0.05, 0) is 72.8 Å². The van der Waals surface area contributed by atoms with Crippen molar-refractivity contribution in [3.05, 3.63) is 97.1 Å². The molecule has 2 heterocycles. The summed E-state index contributed by atoms with van der Waals surface area (Å²) in [6, 6.07) is 29.9. The third-order valence-electron chi connectivity index (χ3n) is 8.69. The third kappa shape index (κ3) is 11.9. The Kier molecular flexibility index (Phi) is 13.6. The van der Waals surface area contributed by atoms with Crippen LogP contribution in [-0.2, 0) is 24.0 Å². The van der Waals surface area contributed by atoms with Crippen molar-refractivity contribution < 1.29 is 39.3 Å². The van der Waals surface area contributed by atoms with Crippen LogP contribution in [0.25, 0.3) is 41.6 Å². The normalized spacial score (nSPS) is 11.4. The van der Waals surface area contributed by atoms with Crippen LogP contribution in [0.1, 0.15) is 0 Å². The van der Waals surface area contributed by atoms with Crippen LogP contribution in [0.4, 0.5) is 11.4 Å². The van der Waals surface area contributed by atoms with E-state index in [0.29, 0.717) is 11.4 Å². The van der Waals surface area contributed by atoms with Crippen molar-refractivity contribution in [1.29, 1.82) is 0 Å². The first-order valence-corrected chi connectivity index (χ1v) is 19.4. The minimum atomic E-state index is -1.17. The van der Waals surface area contributed by atoms with Gasteiger partial charge in [0.15, 0.2) is 0 Å². The first kappa shape index (κ1) is 40.6. The number of nitrogens with one attached hydrogen (secondary N) is 2. The number of aromatic nitrogens is 2. The van der Waals surface area contributed by atoms with Gasteiger partial charge in [0.1, 0.15) is 10.0 Å². The lowest BCUT2D eigenvalue weighted by Crippen LogP contribution is -2.46. The lowest BCUT2D eigenvalue weighted by atomic mass is 10.2. The quantitative estimate of drug-likeness (QED) is 0.0692. The van der Waals surface area contributed by atoms with E-state index >= 15 is 0 Å². The number of hydrogen-bond acceptors (Lipinski definition) is 12. The average molecular weight is 810 g/mol. The highest BCUT2D eigenvalue weighted by Gasteiger charge is 2.20. The van der Waals surface area contributed by atoms with E-state index in [0.717, 1.165) is 41.6 Å². The molecule has 0 saturated carbocycles.